The van der Waals surface area contributed by atoms with Crippen molar-refractivity contribution in [2.45, 2.75) is 24.5 Å². The van der Waals surface area contributed by atoms with Crippen LogP contribution in [0.1, 0.15) is 6.23 Å². The molecule has 0 saturated carbocycles. The third-order valence-corrected chi connectivity index (χ3v) is 8.20. The lowest BCUT2D eigenvalue weighted by Crippen LogP contribution is -2.44. The Morgan fingerprint density at radius 2 is 1.79 bits per heavy atom. The Balaban J connectivity index is 1.74. The lowest BCUT2D eigenvalue weighted by molar-refractivity contribution is -0.0483. The van der Waals surface area contributed by atoms with Crippen LogP contribution in [0.5, 0.6) is 0 Å². The zero-order chi connectivity index (χ0) is 24.6. The molecule has 0 aliphatic carbocycles. The van der Waals surface area contributed by atoms with Crippen LogP contribution in [0.4, 0.5) is 5.82 Å². The lowest BCUT2D eigenvalue weighted by atomic mass is 10.1. The Hall–Kier alpha value is -1.36. The molecule has 0 spiro atoms. The summed E-state index contributed by atoms with van der Waals surface area (Å²) in [4.78, 5) is 48.3. The smallest absolute Gasteiger partial charge is 0.387 e. The third kappa shape index (κ3) is 6.21. The molecule has 0 amide bonds. The SMILES string of the molecule is CNc1ncnc2c1ncn2C1OC(COP(=O)(O)OP(=O)(O)OP(=O)(O)O)C(NC)C1O. The van der Waals surface area contributed by atoms with E-state index in [4.69, 9.17) is 14.5 Å². The van der Waals surface area contributed by atoms with Crippen LogP contribution < -0.4 is 10.6 Å². The van der Waals surface area contributed by atoms with Gasteiger partial charge in [-0.3, -0.25) is 9.09 Å². The second kappa shape index (κ2) is 9.71. The van der Waals surface area contributed by atoms with Gasteiger partial charge in [0.1, 0.15) is 24.1 Å². The number of anilines is 1. The fourth-order valence-electron chi connectivity index (χ4n) is 3.16. The number of phosphoric acid groups is 3. The second-order valence-electron chi connectivity index (χ2n) is 6.55. The second-order valence-corrected chi connectivity index (χ2v) is 11.0. The number of aliphatic hydroxyl groups excluding tert-OH is 1. The molecule has 18 nitrogen and oxygen atoms in total. The van der Waals surface area contributed by atoms with Gasteiger partial charge in [0.25, 0.3) is 0 Å². The van der Waals surface area contributed by atoms with E-state index in [0.717, 1.165) is 0 Å². The van der Waals surface area contributed by atoms with Gasteiger partial charge in [-0.05, 0) is 7.05 Å². The van der Waals surface area contributed by atoms with E-state index in [1.165, 1.54) is 24.3 Å². The molecule has 7 N–H and O–H groups in total. The highest BCUT2D eigenvalue weighted by molar-refractivity contribution is 7.66. The molecule has 0 aromatic carbocycles. The molecular weight excluding hydrogens is 513 g/mol. The highest BCUT2D eigenvalue weighted by Crippen LogP contribution is 2.66. The van der Waals surface area contributed by atoms with Gasteiger partial charge in [-0.1, -0.05) is 0 Å². The van der Waals surface area contributed by atoms with Gasteiger partial charge in [-0.2, -0.15) is 8.62 Å². The number of aliphatic hydroxyl groups is 1. The number of ether oxygens (including phenoxy) is 1. The molecule has 1 aliphatic rings. The summed E-state index contributed by atoms with van der Waals surface area (Å²) in [5.41, 5.74) is 0.718. The minimum Gasteiger partial charge on any atom is -0.387 e. The van der Waals surface area contributed by atoms with Crippen LogP contribution in [0, 0.1) is 0 Å². The molecule has 6 atom stereocenters. The van der Waals surface area contributed by atoms with Crippen LogP contribution in [0.25, 0.3) is 11.2 Å². The molecule has 186 valence electrons. The van der Waals surface area contributed by atoms with Crippen molar-refractivity contribution in [1.29, 1.82) is 0 Å². The summed E-state index contributed by atoms with van der Waals surface area (Å²) in [6.45, 7) is -0.744. The zero-order valence-electron chi connectivity index (χ0n) is 16.9. The van der Waals surface area contributed by atoms with Crippen LogP contribution in [0.15, 0.2) is 12.7 Å². The average Bonchev–Trinajstić information content (AvgIpc) is 3.23. The Morgan fingerprint density at radius 3 is 2.39 bits per heavy atom. The topological polar surface area (TPSA) is 257 Å². The summed E-state index contributed by atoms with van der Waals surface area (Å²) in [6, 6.07) is -0.856. The molecule has 3 heterocycles. The zero-order valence-corrected chi connectivity index (χ0v) is 19.6. The van der Waals surface area contributed by atoms with Crippen molar-refractivity contribution < 1.29 is 56.3 Å². The fraction of sp³-hybridized carbons (Fsp3) is 0.583. The molecule has 33 heavy (non-hydrogen) atoms. The molecule has 0 bridgehead atoms. The first-order valence-electron chi connectivity index (χ1n) is 8.91. The Bertz CT molecular complexity index is 1140. The summed E-state index contributed by atoms with van der Waals surface area (Å²) < 4.78 is 53.2. The van der Waals surface area contributed by atoms with Gasteiger partial charge in [-0.15, -0.1) is 0 Å². The maximum Gasteiger partial charge on any atom is 0.490 e. The van der Waals surface area contributed by atoms with Crippen LogP contribution >= 0.6 is 23.5 Å². The first kappa shape index (κ1) is 26.2. The minimum absolute atomic E-state index is 0.321. The standard InChI is InChI=1S/C12H21N6O12P3/c1-13-7-6(3-27-32(23,24)30-33(25,26)29-31(20,21)22)28-12(9(7)19)18-5-17-8-10(14-2)15-4-16-11(8)18/h4-7,9,12-13,19H,3H2,1-2H3,(H,23,24)(H,25,26)(H,14,15,16)(H2,20,21,22). The predicted octanol–water partition coefficient (Wildman–Crippen LogP) is -0.942. The van der Waals surface area contributed by atoms with E-state index in [2.05, 4.69) is 38.7 Å². The highest BCUT2D eigenvalue weighted by Gasteiger charge is 2.47. The van der Waals surface area contributed by atoms with E-state index in [9.17, 15) is 28.6 Å². The maximum atomic E-state index is 12.0. The highest BCUT2D eigenvalue weighted by atomic mass is 31.3. The Morgan fingerprint density at radius 1 is 1.09 bits per heavy atom. The molecule has 2 aromatic rings. The van der Waals surface area contributed by atoms with Gasteiger partial charge in [0, 0.05) is 7.05 Å². The van der Waals surface area contributed by atoms with Crippen molar-refractivity contribution in [3.8, 4) is 0 Å². The molecule has 0 radical (unpaired) electrons. The van der Waals surface area contributed by atoms with Gasteiger partial charge in [0.15, 0.2) is 17.7 Å². The number of aromatic nitrogens is 4. The average molecular weight is 534 g/mol. The Kier molecular flexibility index (Phi) is 7.73. The summed E-state index contributed by atoms with van der Waals surface area (Å²) in [5, 5.41) is 16.3. The molecule has 1 aliphatic heterocycles. The molecule has 6 unspecified atom stereocenters. The number of nitrogens with one attached hydrogen (secondary N) is 2. The number of imidazole rings is 1. The van der Waals surface area contributed by atoms with Gasteiger partial charge < -0.3 is 40.1 Å². The van der Waals surface area contributed by atoms with Crippen molar-refractivity contribution in [3.63, 3.8) is 0 Å². The third-order valence-electron chi connectivity index (χ3n) is 4.40. The maximum absolute atomic E-state index is 12.0. The minimum atomic E-state index is -5.66. The van der Waals surface area contributed by atoms with Crippen LogP contribution in [-0.2, 0) is 31.6 Å². The van der Waals surface area contributed by atoms with Crippen molar-refractivity contribution in [1.82, 2.24) is 24.8 Å². The number of hydrogen-bond acceptors (Lipinski definition) is 13. The number of likely N-dealkylation sites (N-methyl/N-ethyl adjacent to an activating group) is 1. The molecule has 1 saturated heterocycles. The van der Waals surface area contributed by atoms with E-state index in [-0.39, 0.29) is 0 Å². The van der Waals surface area contributed by atoms with Crippen LogP contribution in [0.3, 0.4) is 0 Å². The number of hydrogen-bond donors (Lipinski definition) is 7. The fourth-order valence-corrected chi connectivity index (χ4v) is 6.19. The number of fused-ring (bicyclic) bond motifs is 1. The molecular formula is C12H21N6O12P3. The molecule has 21 heteroatoms. The number of rotatable bonds is 10. The van der Waals surface area contributed by atoms with Gasteiger partial charge in [0.05, 0.1) is 19.0 Å². The number of nitrogens with zero attached hydrogens (tertiary/aromatic N) is 4. The van der Waals surface area contributed by atoms with Crippen molar-refractivity contribution in [3.05, 3.63) is 12.7 Å². The summed E-state index contributed by atoms with van der Waals surface area (Å²) in [6.07, 6.45) is -0.763. The first-order valence-corrected chi connectivity index (χ1v) is 13.4. The van der Waals surface area contributed by atoms with E-state index in [0.29, 0.717) is 17.0 Å². The summed E-state index contributed by atoms with van der Waals surface area (Å²) >= 11 is 0. The number of phosphoric ester groups is 1. The van der Waals surface area contributed by atoms with Gasteiger partial charge >= 0.3 is 23.5 Å². The summed E-state index contributed by atoms with van der Waals surface area (Å²) in [7, 11) is -13.4. The van der Waals surface area contributed by atoms with E-state index < -0.39 is 54.6 Å². The normalized spacial score (nSPS) is 27.4. The van der Waals surface area contributed by atoms with E-state index in [1.807, 2.05) is 0 Å². The quantitative estimate of drug-likeness (QED) is 0.181. The summed E-state index contributed by atoms with van der Waals surface area (Å²) in [5.74, 6) is 0.431. The van der Waals surface area contributed by atoms with Crippen molar-refractivity contribution in [2.24, 2.45) is 0 Å². The van der Waals surface area contributed by atoms with E-state index >= 15 is 0 Å². The van der Waals surface area contributed by atoms with E-state index in [1.54, 1.807) is 7.05 Å². The largest absolute Gasteiger partial charge is 0.490 e. The van der Waals surface area contributed by atoms with Gasteiger partial charge in [0.2, 0.25) is 0 Å². The van der Waals surface area contributed by atoms with Gasteiger partial charge in [-0.25, -0.2) is 28.6 Å². The monoisotopic (exact) mass is 534 g/mol. The lowest BCUT2D eigenvalue weighted by Gasteiger charge is -2.21. The molecule has 3 rings (SSSR count). The molecule has 2 aromatic heterocycles. The van der Waals surface area contributed by atoms with Crippen LogP contribution in [0.2, 0.25) is 0 Å². The van der Waals surface area contributed by atoms with Crippen LogP contribution in [-0.4, -0.2) is 83.2 Å². The first-order chi connectivity index (χ1) is 15.3. The predicted molar refractivity (Wildman–Crippen MR) is 107 cm³/mol. The van der Waals surface area contributed by atoms with Crippen molar-refractivity contribution >= 4 is 40.4 Å². The Labute approximate surface area is 185 Å². The molecule has 1 fully saturated rings. The van der Waals surface area contributed by atoms with Crippen molar-refractivity contribution in [2.75, 3.05) is 26.0 Å².